The van der Waals surface area contributed by atoms with Gasteiger partial charge in [-0.15, -0.1) is 0 Å². The van der Waals surface area contributed by atoms with Crippen molar-refractivity contribution in [2.24, 2.45) is 0 Å². The molecule has 19 rings (SSSR count). The van der Waals surface area contributed by atoms with E-state index in [2.05, 4.69) is 213 Å². The Morgan fingerprint density at radius 2 is 0.831 bits per heavy atom. The lowest BCUT2D eigenvalue weighted by Crippen LogP contribution is -2.55. The molecule has 9 aromatic rings. The summed E-state index contributed by atoms with van der Waals surface area (Å²) in [5, 5.41) is 36.2. The number of piperazine rings is 3. The fraction of sp³-hybridized carbons (Fsp3) is 0.486. The van der Waals surface area contributed by atoms with Gasteiger partial charge in [-0.1, -0.05) is 91.0 Å². The summed E-state index contributed by atoms with van der Waals surface area (Å²) >= 11 is 0. The second kappa shape index (κ2) is 43.5. The third-order valence-electron chi connectivity index (χ3n) is 28.9. The van der Waals surface area contributed by atoms with E-state index in [-0.39, 0.29) is 66.8 Å². The second-order valence-electron chi connectivity index (χ2n) is 37.6. The Hall–Kier alpha value is -12.7. The molecule has 10 aliphatic heterocycles. The SMILES string of the molecule is Cc1cccc2cccc(N3CCc4c(nc(OCC56CCCN5CCC6)nc4N4CCN(C(=O)/C=C/CF)[C@@H](CC#N)C4)C3)c12.Cc1cccc2cccc(N3CCc4c(nc(OCC5CCN5C(C)C)nc4N4CCN(C(=O)/C=C/CF)[C@@H](CC#N)C4)C3)c12.Cc1cccc2cccc(N3CCc4c(nc(OCC5CN(C)CCO5)nc4N4CCN(C(=O)/C=C/CF)[C@@H](CC#N)C4)C3)c12. The first-order valence-corrected chi connectivity index (χ1v) is 48.4. The first kappa shape index (κ1) is 95.0. The molecule has 31 heteroatoms. The fourth-order valence-electron chi connectivity index (χ4n) is 21.9. The van der Waals surface area contributed by atoms with Gasteiger partial charge in [0.25, 0.3) is 0 Å². The topological polar surface area (TPSA) is 276 Å². The molecule has 0 bridgehead atoms. The van der Waals surface area contributed by atoms with E-state index < -0.39 is 20.0 Å². The van der Waals surface area contributed by atoms with Gasteiger partial charge in [-0.3, -0.25) is 24.2 Å². The number of nitriles is 3. The molecule has 136 heavy (non-hydrogen) atoms. The summed E-state index contributed by atoms with van der Waals surface area (Å²) in [6, 6.07) is 46.2. The summed E-state index contributed by atoms with van der Waals surface area (Å²) in [7, 11) is 2.07. The molecule has 5 atom stereocenters. The molecule has 6 aromatic carbocycles. The second-order valence-corrected chi connectivity index (χ2v) is 37.6. The van der Waals surface area contributed by atoms with E-state index in [0.717, 1.165) is 142 Å². The Morgan fingerprint density at radius 1 is 0.456 bits per heavy atom. The zero-order valence-corrected chi connectivity index (χ0v) is 79.1. The van der Waals surface area contributed by atoms with Gasteiger partial charge in [-0.05, 0) is 175 Å². The third kappa shape index (κ3) is 21.0. The number of allylic oxidation sites excluding steroid dienone is 3. The maximum Gasteiger partial charge on any atom is 0.318 e. The predicted octanol–water partition coefficient (Wildman–Crippen LogP) is 13.5. The Kier molecular flexibility index (Phi) is 30.4. The number of fused-ring (bicyclic) bond motifs is 7. The summed E-state index contributed by atoms with van der Waals surface area (Å²) in [6.07, 6.45) is 16.0. The Morgan fingerprint density at radius 3 is 1.18 bits per heavy atom. The van der Waals surface area contributed by atoms with E-state index in [9.17, 15) is 43.3 Å². The largest absolute Gasteiger partial charge is 0.462 e. The van der Waals surface area contributed by atoms with Gasteiger partial charge < -0.3 is 67.9 Å². The summed E-state index contributed by atoms with van der Waals surface area (Å²) in [5.74, 6) is 1.66. The molecule has 0 aliphatic carbocycles. The highest BCUT2D eigenvalue weighted by Crippen LogP contribution is 2.44. The molecule has 7 fully saturated rings. The van der Waals surface area contributed by atoms with Gasteiger partial charge in [0.05, 0.1) is 104 Å². The van der Waals surface area contributed by atoms with Gasteiger partial charge in [0.1, 0.15) is 63.4 Å². The van der Waals surface area contributed by atoms with Crippen LogP contribution in [0.1, 0.15) is 116 Å². The number of carbonyl (C=O) groups is 3. The van der Waals surface area contributed by atoms with E-state index in [4.69, 9.17) is 48.9 Å². The molecular formula is C105H124F3N21O7. The smallest absolute Gasteiger partial charge is 0.318 e. The van der Waals surface area contributed by atoms with Crippen LogP contribution in [0.5, 0.6) is 18.0 Å². The number of aromatic nitrogens is 6. The minimum absolute atomic E-state index is 0.0724. The average Bonchev–Trinajstić information content (AvgIpc) is 1.05. The van der Waals surface area contributed by atoms with Crippen LogP contribution in [0, 0.1) is 54.8 Å². The van der Waals surface area contributed by atoms with Crippen LogP contribution in [-0.2, 0) is 58.0 Å². The third-order valence-corrected chi connectivity index (χ3v) is 28.9. The van der Waals surface area contributed by atoms with E-state index in [1.165, 1.54) is 115 Å². The van der Waals surface area contributed by atoms with Crippen molar-refractivity contribution in [3.8, 4) is 36.2 Å². The van der Waals surface area contributed by atoms with Crippen LogP contribution in [0.25, 0.3) is 32.3 Å². The van der Waals surface area contributed by atoms with Gasteiger partial charge in [0.2, 0.25) is 17.7 Å². The van der Waals surface area contributed by atoms with Crippen molar-refractivity contribution in [2.75, 3.05) is 194 Å². The number of halogens is 3. The highest BCUT2D eigenvalue weighted by molar-refractivity contribution is 5.99. The van der Waals surface area contributed by atoms with Crippen LogP contribution < -0.4 is 43.6 Å². The van der Waals surface area contributed by atoms with Crippen molar-refractivity contribution in [3.63, 3.8) is 0 Å². The number of alkyl halides is 3. The maximum atomic E-state index is 12.9. The minimum Gasteiger partial charge on any atom is -0.462 e. The molecule has 0 spiro atoms. The lowest BCUT2D eigenvalue weighted by atomic mass is 9.95. The molecule has 3 aromatic heterocycles. The number of nitrogens with zero attached hydrogens (tertiary/aromatic N) is 21. The lowest BCUT2D eigenvalue weighted by molar-refractivity contribution is -0.129. The number of hydrogen-bond acceptors (Lipinski definition) is 25. The number of carbonyl (C=O) groups excluding carboxylic acids is 3. The highest BCUT2D eigenvalue weighted by Gasteiger charge is 2.46. The van der Waals surface area contributed by atoms with E-state index >= 15 is 0 Å². The van der Waals surface area contributed by atoms with Crippen LogP contribution in [0.15, 0.2) is 146 Å². The zero-order chi connectivity index (χ0) is 94.5. The van der Waals surface area contributed by atoms with Crippen LogP contribution in [0.4, 0.5) is 47.7 Å². The summed E-state index contributed by atoms with van der Waals surface area (Å²) in [6.45, 7) is 24.5. The molecule has 0 radical (unpaired) electrons. The van der Waals surface area contributed by atoms with Crippen molar-refractivity contribution in [1.82, 2.24) is 59.3 Å². The number of anilines is 6. The van der Waals surface area contributed by atoms with Gasteiger partial charge in [-0.2, -0.15) is 45.7 Å². The van der Waals surface area contributed by atoms with Crippen LogP contribution in [0.3, 0.4) is 0 Å². The summed E-state index contributed by atoms with van der Waals surface area (Å²) in [5.41, 5.74) is 13.5. The quantitative estimate of drug-likeness (QED) is 0.0481. The normalized spacial score (nSPS) is 20.8. The number of amides is 3. The average molecular weight is 1850 g/mol. The number of hydrogen-bond donors (Lipinski definition) is 0. The standard InChI is InChI=1S/C36H42FN7O2.C35H42FN7O2.C34H40FN7O3/c1-26-7-2-8-27-9-3-10-31(33(26)27)41-20-13-29-30(24-41)39-35(46-25-36-14-5-18-43(36)19-6-15-36)40-34(29)42-21-22-44(28(23-42)12-17-38)32(45)11-4-16-37;1-24(2)42-18-13-28(42)23-45-35-38-30-22-40(31-10-5-9-26-8-4-7-25(3)33(26)31)17-14-29(30)34(39-35)41-19-20-43(27(21-41)12-16-37)32(44)11-6-15-36;1-24-6-3-7-25-8-4-9-30(32(24)25)40-15-12-28-29(22-40)37-34(45-23-27-21-39(2)18-19-44-27)38-33(28)41-16-17-42(26(20-41)11-14-36)31(43)10-5-13-35/h2-4,7-11,28H,5-6,12-16,18-25H2,1H3;4-11,24,27-28H,12-15,17-23H2,1-3H3;3-10,26-27H,11-13,15-23H2,1-2H3/b11-4+;11-6+;10-5+/t28-;27-,28?;26-,27?/m000/s1. The number of likely N-dealkylation sites (N-methyl/N-ethyl adjacent to an activating group) is 1. The molecule has 28 nitrogen and oxygen atoms in total. The fourth-order valence-corrected chi connectivity index (χ4v) is 21.9. The molecule has 712 valence electrons. The summed E-state index contributed by atoms with van der Waals surface area (Å²) < 4.78 is 63.2. The number of morpholine rings is 1. The molecule has 7 saturated heterocycles. The van der Waals surface area contributed by atoms with Crippen LogP contribution in [-0.4, -0.2) is 284 Å². The van der Waals surface area contributed by atoms with Crippen molar-refractivity contribution in [2.45, 2.75) is 167 Å². The molecule has 3 amide bonds. The number of aryl methyl sites for hydroxylation is 3. The number of rotatable bonds is 25. The monoisotopic (exact) mass is 1850 g/mol. The van der Waals surface area contributed by atoms with Crippen molar-refractivity contribution < 1.29 is 46.5 Å². The Bertz CT molecular complexity index is 5820. The molecule has 13 heterocycles. The molecule has 0 N–H and O–H groups in total. The van der Waals surface area contributed by atoms with Gasteiger partial charge >= 0.3 is 18.0 Å². The molecular weight excluding hydrogens is 1720 g/mol. The predicted molar refractivity (Wildman–Crippen MR) is 522 cm³/mol. The van der Waals surface area contributed by atoms with Crippen LogP contribution in [0.2, 0.25) is 0 Å². The van der Waals surface area contributed by atoms with Crippen molar-refractivity contribution in [1.29, 1.82) is 15.8 Å². The molecule has 10 aliphatic rings. The van der Waals surface area contributed by atoms with Crippen molar-refractivity contribution in [3.05, 3.63) is 196 Å². The van der Waals surface area contributed by atoms with E-state index in [1.54, 1.807) is 14.7 Å². The maximum absolute atomic E-state index is 12.9. The van der Waals surface area contributed by atoms with E-state index in [0.29, 0.717) is 135 Å². The number of benzene rings is 6. The lowest BCUT2D eigenvalue weighted by Gasteiger charge is -2.43. The molecule has 0 saturated carbocycles. The first-order chi connectivity index (χ1) is 66.3. The summed E-state index contributed by atoms with van der Waals surface area (Å²) in [4.78, 5) is 94.5. The van der Waals surface area contributed by atoms with Gasteiger partial charge in [0.15, 0.2) is 0 Å². The number of ether oxygens (including phenoxy) is 4. The van der Waals surface area contributed by atoms with Gasteiger partial charge in [0, 0.05) is 178 Å². The first-order valence-electron chi connectivity index (χ1n) is 48.4. The van der Waals surface area contributed by atoms with Crippen LogP contribution >= 0.6 is 0 Å². The zero-order valence-electron chi connectivity index (χ0n) is 79.1. The van der Waals surface area contributed by atoms with Gasteiger partial charge in [-0.25, -0.2) is 13.2 Å². The minimum atomic E-state index is -0.706. The number of likely N-dealkylation sites (tertiary alicyclic amines) is 1. The Labute approximate surface area is 795 Å². The van der Waals surface area contributed by atoms with E-state index in [1.807, 2.05) is 0 Å². The Balaban J connectivity index is 0.000000142. The van der Waals surface area contributed by atoms with Crippen molar-refractivity contribution >= 4 is 84.6 Å². The molecule has 2 unspecified atom stereocenters. The highest BCUT2D eigenvalue weighted by atomic mass is 19.1.